The number of anilines is 1. The van der Waals surface area contributed by atoms with Crippen molar-refractivity contribution in [1.29, 1.82) is 0 Å². The molecule has 3 amide bonds. The van der Waals surface area contributed by atoms with E-state index < -0.39 is 0 Å². The average Bonchev–Trinajstić information content (AvgIpc) is 2.59. The molecule has 0 aliphatic carbocycles. The van der Waals surface area contributed by atoms with Crippen molar-refractivity contribution >= 4 is 33.7 Å². The first kappa shape index (κ1) is 18.0. The van der Waals surface area contributed by atoms with Gasteiger partial charge in [0.25, 0.3) is 0 Å². The zero-order valence-electron chi connectivity index (χ0n) is 14.6. The van der Waals surface area contributed by atoms with Gasteiger partial charge in [-0.05, 0) is 40.9 Å². The molecule has 0 radical (unpaired) electrons. The fraction of sp³-hybridized carbons (Fsp3) is 0.556. The summed E-state index contributed by atoms with van der Waals surface area (Å²) < 4.78 is 6.17. The Morgan fingerprint density at radius 1 is 1.28 bits per heavy atom. The number of piperidine rings is 1. The zero-order valence-corrected chi connectivity index (χ0v) is 16.2. The summed E-state index contributed by atoms with van der Waals surface area (Å²) in [5.74, 6) is 0. The third-order valence-electron chi connectivity index (χ3n) is 4.73. The number of para-hydroxylation sites is 1. The van der Waals surface area contributed by atoms with Crippen LogP contribution >= 0.6 is 15.9 Å². The van der Waals surface area contributed by atoms with Crippen molar-refractivity contribution in [3.63, 3.8) is 0 Å². The number of amides is 3. The smallest absolute Gasteiger partial charge is 0.410 e. The van der Waals surface area contributed by atoms with Gasteiger partial charge in [0.15, 0.2) is 0 Å². The molecule has 6 nitrogen and oxygen atoms in total. The summed E-state index contributed by atoms with van der Waals surface area (Å²) in [6, 6.07) is 7.58. The molecule has 2 fully saturated rings. The Labute approximate surface area is 156 Å². The molecule has 2 saturated heterocycles. The highest BCUT2D eigenvalue weighted by Crippen LogP contribution is 2.28. The van der Waals surface area contributed by atoms with Gasteiger partial charge in [0.2, 0.25) is 0 Å². The number of hydrogen-bond acceptors (Lipinski definition) is 3. The summed E-state index contributed by atoms with van der Waals surface area (Å²) in [6.45, 7) is 6.64. The average molecular weight is 410 g/mol. The number of halogens is 1. The van der Waals surface area contributed by atoms with E-state index in [-0.39, 0.29) is 23.6 Å². The standard InChI is InChI=1S/C18H24BrN3O3/c1-18(2)11-22(17(24)25-12-18)13-7-9-21(10-8-13)16(23)20-15-6-4-3-5-14(15)19/h3-6,13H,7-12H2,1-2H3,(H,20,23). The lowest BCUT2D eigenvalue weighted by Gasteiger charge is -2.44. The molecule has 2 aliphatic rings. The maximum Gasteiger partial charge on any atom is 0.410 e. The second-order valence-corrected chi connectivity index (χ2v) is 8.33. The van der Waals surface area contributed by atoms with Crippen LogP contribution in [-0.2, 0) is 4.74 Å². The number of benzene rings is 1. The molecule has 2 heterocycles. The van der Waals surface area contributed by atoms with Crippen LogP contribution in [0.5, 0.6) is 0 Å². The fourth-order valence-corrected chi connectivity index (χ4v) is 3.71. The summed E-state index contributed by atoms with van der Waals surface area (Å²) in [4.78, 5) is 28.2. The number of carbonyl (C=O) groups excluding carboxylic acids is 2. The van der Waals surface area contributed by atoms with E-state index in [2.05, 4.69) is 35.1 Å². The highest BCUT2D eigenvalue weighted by Gasteiger charge is 2.38. The Morgan fingerprint density at radius 3 is 2.64 bits per heavy atom. The molecule has 0 unspecified atom stereocenters. The monoisotopic (exact) mass is 409 g/mol. The lowest BCUT2D eigenvalue weighted by atomic mass is 9.91. The molecule has 0 aromatic heterocycles. The lowest BCUT2D eigenvalue weighted by molar-refractivity contribution is -0.0141. The highest BCUT2D eigenvalue weighted by atomic mass is 79.9. The minimum atomic E-state index is -0.226. The van der Waals surface area contributed by atoms with Gasteiger partial charge in [-0.25, -0.2) is 9.59 Å². The van der Waals surface area contributed by atoms with Crippen molar-refractivity contribution in [2.75, 3.05) is 31.6 Å². The third-order valence-corrected chi connectivity index (χ3v) is 5.42. The highest BCUT2D eigenvalue weighted by molar-refractivity contribution is 9.10. The largest absolute Gasteiger partial charge is 0.449 e. The van der Waals surface area contributed by atoms with Crippen LogP contribution in [0.4, 0.5) is 15.3 Å². The molecule has 0 spiro atoms. The van der Waals surface area contributed by atoms with Crippen LogP contribution in [0, 0.1) is 5.41 Å². The molecule has 136 valence electrons. The van der Waals surface area contributed by atoms with Crippen molar-refractivity contribution in [2.45, 2.75) is 32.7 Å². The van der Waals surface area contributed by atoms with E-state index in [1.807, 2.05) is 29.2 Å². The predicted octanol–water partition coefficient (Wildman–Crippen LogP) is 3.92. The molecule has 2 aliphatic heterocycles. The zero-order chi connectivity index (χ0) is 18.0. The maximum absolute atomic E-state index is 12.5. The second-order valence-electron chi connectivity index (χ2n) is 7.47. The van der Waals surface area contributed by atoms with E-state index in [4.69, 9.17) is 4.74 Å². The number of urea groups is 1. The van der Waals surface area contributed by atoms with Crippen LogP contribution in [0.1, 0.15) is 26.7 Å². The van der Waals surface area contributed by atoms with Crippen molar-refractivity contribution in [3.8, 4) is 0 Å². The van der Waals surface area contributed by atoms with Crippen LogP contribution in [0.3, 0.4) is 0 Å². The number of likely N-dealkylation sites (tertiary alicyclic amines) is 1. The Bertz CT molecular complexity index is 657. The van der Waals surface area contributed by atoms with Gasteiger partial charge in [-0.2, -0.15) is 0 Å². The molecule has 0 bridgehead atoms. The van der Waals surface area contributed by atoms with E-state index in [9.17, 15) is 9.59 Å². The summed E-state index contributed by atoms with van der Waals surface area (Å²) in [6.07, 6.45) is 1.32. The minimum Gasteiger partial charge on any atom is -0.449 e. The topological polar surface area (TPSA) is 61.9 Å². The fourth-order valence-electron chi connectivity index (χ4n) is 3.33. The number of carbonyl (C=O) groups is 2. The number of hydrogen-bond donors (Lipinski definition) is 1. The first-order chi connectivity index (χ1) is 11.9. The number of rotatable bonds is 2. The van der Waals surface area contributed by atoms with E-state index >= 15 is 0 Å². The lowest BCUT2D eigenvalue weighted by Crippen LogP contribution is -2.55. The molecule has 7 heteroatoms. The molecular formula is C18H24BrN3O3. The van der Waals surface area contributed by atoms with Crippen LogP contribution in [0.2, 0.25) is 0 Å². The second kappa shape index (κ2) is 7.23. The summed E-state index contributed by atoms with van der Waals surface area (Å²) in [7, 11) is 0. The molecule has 0 atom stereocenters. The Morgan fingerprint density at radius 2 is 1.96 bits per heavy atom. The predicted molar refractivity (Wildman–Crippen MR) is 99.6 cm³/mol. The van der Waals surface area contributed by atoms with Gasteiger partial charge >= 0.3 is 12.1 Å². The molecule has 1 aromatic carbocycles. The third kappa shape index (κ3) is 4.26. The van der Waals surface area contributed by atoms with Crippen molar-refractivity contribution in [1.82, 2.24) is 9.80 Å². The number of nitrogens with zero attached hydrogens (tertiary/aromatic N) is 2. The van der Waals surface area contributed by atoms with Crippen molar-refractivity contribution < 1.29 is 14.3 Å². The van der Waals surface area contributed by atoms with E-state index in [0.717, 1.165) is 23.0 Å². The molecule has 1 N–H and O–H groups in total. The first-order valence-corrected chi connectivity index (χ1v) is 9.39. The molecular weight excluding hydrogens is 386 g/mol. The van der Waals surface area contributed by atoms with E-state index in [1.54, 1.807) is 4.90 Å². The van der Waals surface area contributed by atoms with Gasteiger partial charge in [0, 0.05) is 35.6 Å². The molecule has 1 aromatic rings. The Hall–Kier alpha value is -1.76. The Balaban J connectivity index is 1.55. The maximum atomic E-state index is 12.5. The Kier molecular flexibility index (Phi) is 5.22. The van der Waals surface area contributed by atoms with Gasteiger partial charge in [0.05, 0.1) is 12.3 Å². The van der Waals surface area contributed by atoms with E-state index in [0.29, 0.717) is 26.2 Å². The molecule has 25 heavy (non-hydrogen) atoms. The summed E-state index contributed by atoms with van der Waals surface area (Å²) in [5.41, 5.74) is 0.734. The molecule has 0 saturated carbocycles. The summed E-state index contributed by atoms with van der Waals surface area (Å²) >= 11 is 3.44. The van der Waals surface area contributed by atoms with Gasteiger partial charge in [-0.3, -0.25) is 0 Å². The van der Waals surface area contributed by atoms with E-state index in [1.165, 1.54) is 0 Å². The SMILES string of the molecule is CC1(C)COC(=O)N(C2CCN(C(=O)Nc3ccccc3Br)CC2)C1. The van der Waals surface area contributed by atoms with Gasteiger partial charge < -0.3 is 19.9 Å². The van der Waals surface area contributed by atoms with Gasteiger partial charge in [-0.15, -0.1) is 0 Å². The quantitative estimate of drug-likeness (QED) is 0.804. The van der Waals surface area contributed by atoms with Crippen molar-refractivity contribution in [2.24, 2.45) is 5.41 Å². The first-order valence-electron chi connectivity index (χ1n) is 8.60. The van der Waals surface area contributed by atoms with Crippen LogP contribution in [0.15, 0.2) is 28.7 Å². The number of nitrogens with one attached hydrogen (secondary N) is 1. The summed E-state index contributed by atoms with van der Waals surface area (Å²) in [5, 5.41) is 2.93. The minimum absolute atomic E-state index is 0.0258. The molecule has 3 rings (SSSR count). The van der Waals surface area contributed by atoms with Crippen LogP contribution in [-0.4, -0.2) is 54.2 Å². The number of ether oxygens (including phenoxy) is 1. The number of cyclic esters (lactones) is 1. The normalized spacial score (nSPS) is 21.0. The van der Waals surface area contributed by atoms with Crippen LogP contribution < -0.4 is 5.32 Å². The van der Waals surface area contributed by atoms with Gasteiger partial charge in [0.1, 0.15) is 0 Å². The van der Waals surface area contributed by atoms with Crippen molar-refractivity contribution in [3.05, 3.63) is 28.7 Å². The van der Waals surface area contributed by atoms with Gasteiger partial charge in [-0.1, -0.05) is 26.0 Å². The van der Waals surface area contributed by atoms with Crippen LogP contribution in [0.25, 0.3) is 0 Å².